The molecule has 1 aliphatic carbocycles. The van der Waals surface area contributed by atoms with Gasteiger partial charge in [-0.15, -0.1) is 0 Å². The Kier molecular flexibility index (Phi) is 6.30. The zero-order valence-corrected chi connectivity index (χ0v) is 13.2. The van der Waals surface area contributed by atoms with Crippen molar-refractivity contribution in [3.05, 3.63) is 0 Å². The van der Waals surface area contributed by atoms with Crippen molar-refractivity contribution in [2.45, 2.75) is 52.0 Å². The van der Waals surface area contributed by atoms with Gasteiger partial charge in [0.15, 0.2) is 0 Å². The summed E-state index contributed by atoms with van der Waals surface area (Å²) in [4.78, 5) is 17.4. The normalized spacial score (nSPS) is 23.5. The minimum Gasteiger partial charge on any atom is -0.342 e. The van der Waals surface area contributed by atoms with E-state index in [9.17, 15) is 4.79 Å². The fourth-order valence-electron chi connectivity index (χ4n) is 3.79. The fourth-order valence-corrected chi connectivity index (χ4v) is 3.79. The van der Waals surface area contributed by atoms with Crippen LogP contribution in [0.5, 0.6) is 0 Å². The van der Waals surface area contributed by atoms with E-state index in [-0.39, 0.29) is 6.04 Å². The number of rotatable bonds is 5. The van der Waals surface area contributed by atoms with Crippen LogP contribution in [-0.4, -0.2) is 61.0 Å². The van der Waals surface area contributed by atoms with E-state index < -0.39 is 0 Å². The third-order valence-corrected chi connectivity index (χ3v) is 4.97. The van der Waals surface area contributed by atoms with Crippen molar-refractivity contribution in [2.24, 2.45) is 5.92 Å². The summed E-state index contributed by atoms with van der Waals surface area (Å²) in [5.74, 6) is 0.957. The molecule has 1 N–H and O–H groups in total. The van der Waals surface area contributed by atoms with E-state index >= 15 is 0 Å². The Balaban J connectivity index is 2.11. The van der Waals surface area contributed by atoms with E-state index in [1.165, 1.54) is 32.1 Å². The second-order valence-electron chi connectivity index (χ2n) is 6.14. The van der Waals surface area contributed by atoms with Gasteiger partial charge in [-0.1, -0.05) is 19.3 Å². The molecule has 20 heavy (non-hydrogen) atoms. The molecule has 2 aliphatic rings. The average Bonchev–Trinajstić information content (AvgIpc) is 2.51. The van der Waals surface area contributed by atoms with Crippen LogP contribution in [0.25, 0.3) is 0 Å². The Bertz CT molecular complexity index is 274. The van der Waals surface area contributed by atoms with Crippen LogP contribution >= 0.6 is 0 Å². The first kappa shape index (κ1) is 15.8. The summed E-state index contributed by atoms with van der Waals surface area (Å²) in [5.41, 5.74) is 0. The number of hydrogen-bond donors (Lipinski definition) is 1. The quantitative estimate of drug-likeness (QED) is 0.833. The minimum atomic E-state index is 0.136. The fraction of sp³-hybridized carbons (Fsp3) is 0.938. The average molecular weight is 281 g/mol. The van der Waals surface area contributed by atoms with Gasteiger partial charge >= 0.3 is 0 Å². The predicted molar refractivity (Wildman–Crippen MR) is 82.7 cm³/mol. The van der Waals surface area contributed by atoms with Crippen molar-refractivity contribution in [3.8, 4) is 0 Å². The van der Waals surface area contributed by atoms with Crippen molar-refractivity contribution in [3.63, 3.8) is 0 Å². The second-order valence-corrected chi connectivity index (χ2v) is 6.14. The molecule has 1 saturated carbocycles. The van der Waals surface area contributed by atoms with Gasteiger partial charge in [0.25, 0.3) is 0 Å². The number of carbonyl (C=O) groups is 1. The Morgan fingerprint density at radius 2 is 1.75 bits per heavy atom. The number of nitrogens with zero attached hydrogens (tertiary/aromatic N) is 2. The van der Waals surface area contributed by atoms with Gasteiger partial charge in [0.2, 0.25) is 5.91 Å². The molecular weight excluding hydrogens is 250 g/mol. The monoisotopic (exact) mass is 281 g/mol. The van der Waals surface area contributed by atoms with Crippen LogP contribution in [0.3, 0.4) is 0 Å². The smallest absolute Gasteiger partial charge is 0.240 e. The topological polar surface area (TPSA) is 35.6 Å². The van der Waals surface area contributed by atoms with Crippen molar-refractivity contribution in [1.82, 2.24) is 15.1 Å². The predicted octanol–water partition coefficient (Wildman–Crippen LogP) is 1.71. The Morgan fingerprint density at radius 3 is 2.30 bits per heavy atom. The Hall–Kier alpha value is -0.610. The maximum absolute atomic E-state index is 13.0. The molecule has 4 heteroatoms. The first-order valence-corrected chi connectivity index (χ1v) is 8.51. The molecule has 0 aromatic rings. The molecule has 0 bridgehead atoms. The lowest BCUT2D eigenvalue weighted by Crippen LogP contribution is -2.57. The van der Waals surface area contributed by atoms with Gasteiger partial charge in [-0.05, 0) is 32.6 Å². The van der Waals surface area contributed by atoms with E-state index in [2.05, 4.69) is 24.1 Å². The summed E-state index contributed by atoms with van der Waals surface area (Å²) in [6.07, 6.45) is 6.44. The number of hydrogen-bond acceptors (Lipinski definition) is 3. The highest BCUT2D eigenvalue weighted by Gasteiger charge is 2.36. The molecule has 2 fully saturated rings. The lowest BCUT2D eigenvalue weighted by molar-refractivity contribution is -0.139. The van der Waals surface area contributed by atoms with Crippen LogP contribution in [0.15, 0.2) is 0 Å². The van der Waals surface area contributed by atoms with Crippen LogP contribution in [0.4, 0.5) is 0 Å². The van der Waals surface area contributed by atoms with Gasteiger partial charge in [0.1, 0.15) is 0 Å². The van der Waals surface area contributed by atoms with Crippen LogP contribution in [0.1, 0.15) is 46.0 Å². The molecular formula is C16H31N3O. The lowest BCUT2D eigenvalue weighted by Gasteiger charge is -2.41. The Morgan fingerprint density at radius 1 is 1.15 bits per heavy atom. The standard InChI is InChI=1S/C16H31N3O/c1-3-18(4-2)16(20)15(14-8-6-5-7-9-14)19-12-10-17-11-13-19/h14-15,17H,3-13H2,1-2H3. The van der Waals surface area contributed by atoms with Crippen molar-refractivity contribution in [1.29, 1.82) is 0 Å². The van der Waals surface area contributed by atoms with Gasteiger partial charge in [-0.2, -0.15) is 0 Å². The summed E-state index contributed by atoms with van der Waals surface area (Å²) < 4.78 is 0. The van der Waals surface area contributed by atoms with Gasteiger partial charge in [-0.3, -0.25) is 9.69 Å². The van der Waals surface area contributed by atoms with Crippen LogP contribution in [0.2, 0.25) is 0 Å². The largest absolute Gasteiger partial charge is 0.342 e. The maximum atomic E-state index is 13.0. The number of nitrogens with one attached hydrogen (secondary N) is 1. The van der Waals surface area contributed by atoms with E-state index in [0.29, 0.717) is 11.8 Å². The van der Waals surface area contributed by atoms with Crippen molar-refractivity contribution < 1.29 is 4.79 Å². The highest BCUT2D eigenvalue weighted by atomic mass is 16.2. The molecule has 1 amide bonds. The maximum Gasteiger partial charge on any atom is 0.240 e. The summed E-state index contributed by atoms with van der Waals surface area (Å²) in [6.45, 7) is 9.95. The van der Waals surface area contributed by atoms with Gasteiger partial charge in [-0.25, -0.2) is 0 Å². The molecule has 1 atom stereocenters. The van der Waals surface area contributed by atoms with Crippen LogP contribution < -0.4 is 5.32 Å². The summed E-state index contributed by atoms with van der Waals surface area (Å²) >= 11 is 0. The third kappa shape index (κ3) is 3.73. The van der Waals surface area contributed by atoms with Crippen molar-refractivity contribution >= 4 is 5.91 Å². The molecule has 2 rings (SSSR count). The summed E-state index contributed by atoms with van der Waals surface area (Å²) in [5, 5.41) is 3.40. The van der Waals surface area contributed by atoms with E-state index in [1.807, 2.05) is 4.90 Å². The van der Waals surface area contributed by atoms with E-state index in [4.69, 9.17) is 0 Å². The molecule has 0 aromatic heterocycles. The first-order valence-electron chi connectivity index (χ1n) is 8.51. The SMILES string of the molecule is CCN(CC)C(=O)C(C1CCCCC1)N1CCNCC1. The first-order chi connectivity index (χ1) is 9.77. The zero-order chi connectivity index (χ0) is 14.4. The molecule has 116 valence electrons. The lowest BCUT2D eigenvalue weighted by atomic mass is 9.82. The molecule has 1 heterocycles. The van der Waals surface area contributed by atoms with Gasteiger partial charge in [0, 0.05) is 39.3 Å². The molecule has 0 radical (unpaired) electrons. The van der Waals surface area contributed by atoms with Crippen LogP contribution in [0, 0.1) is 5.92 Å². The molecule has 1 unspecified atom stereocenters. The van der Waals surface area contributed by atoms with Crippen molar-refractivity contribution in [2.75, 3.05) is 39.3 Å². The van der Waals surface area contributed by atoms with Gasteiger partial charge in [0.05, 0.1) is 6.04 Å². The minimum absolute atomic E-state index is 0.136. The molecule has 1 saturated heterocycles. The molecule has 4 nitrogen and oxygen atoms in total. The van der Waals surface area contributed by atoms with Crippen LogP contribution in [-0.2, 0) is 4.79 Å². The molecule has 0 aromatic carbocycles. The highest BCUT2D eigenvalue weighted by molar-refractivity contribution is 5.82. The number of piperazine rings is 1. The highest BCUT2D eigenvalue weighted by Crippen LogP contribution is 2.30. The summed E-state index contributed by atoms with van der Waals surface area (Å²) in [7, 11) is 0. The molecule has 0 spiro atoms. The summed E-state index contributed by atoms with van der Waals surface area (Å²) in [6, 6.07) is 0.136. The Labute approximate surface area is 123 Å². The van der Waals surface area contributed by atoms with E-state index in [0.717, 1.165) is 39.3 Å². The molecule has 1 aliphatic heterocycles. The number of likely N-dealkylation sites (N-methyl/N-ethyl adjacent to an activating group) is 1. The third-order valence-electron chi connectivity index (χ3n) is 4.97. The van der Waals surface area contributed by atoms with E-state index in [1.54, 1.807) is 0 Å². The van der Waals surface area contributed by atoms with Gasteiger partial charge < -0.3 is 10.2 Å². The number of carbonyl (C=O) groups excluding carboxylic acids is 1. The second kappa shape index (κ2) is 7.99. The number of amides is 1. The zero-order valence-electron chi connectivity index (χ0n) is 13.2.